The SMILES string of the molecule is Brc1cnc(N2CC=C(c3cccs3)CC2)nc1. The van der Waals surface area contributed by atoms with Gasteiger partial charge in [0.25, 0.3) is 0 Å². The highest BCUT2D eigenvalue weighted by atomic mass is 79.9. The topological polar surface area (TPSA) is 29.0 Å². The molecule has 0 saturated carbocycles. The third-order valence-electron chi connectivity index (χ3n) is 2.94. The van der Waals surface area contributed by atoms with Gasteiger partial charge in [0.15, 0.2) is 0 Å². The van der Waals surface area contributed by atoms with Crippen LogP contribution in [0.5, 0.6) is 0 Å². The highest BCUT2D eigenvalue weighted by Gasteiger charge is 2.15. The Morgan fingerprint density at radius 3 is 2.72 bits per heavy atom. The summed E-state index contributed by atoms with van der Waals surface area (Å²) < 4.78 is 0.915. The Kier molecular flexibility index (Phi) is 3.43. The van der Waals surface area contributed by atoms with Gasteiger partial charge in [0.05, 0.1) is 4.47 Å². The molecular formula is C13H12BrN3S. The Balaban J connectivity index is 1.75. The molecule has 0 amide bonds. The van der Waals surface area contributed by atoms with Gasteiger partial charge in [-0.15, -0.1) is 11.3 Å². The van der Waals surface area contributed by atoms with Crippen LogP contribution >= 0.6 is 27.3 Å². The zero-order valence-corrected chi connectivity index (χ0v) is 12.1. The molecule has 0 radical (unpaired) electrons. The molecule has 0 spiro atoms. The van der Waals surface area contributed by atoms with E-state index in [1.165, 1.54) is 10.5 Å². The maximum atomic E-state index is 4.33. The van der Waals surface area contributed by atoms with Crippen molar-refractivity contribution in [3.63, 3.8) is 0 Å². The molecule has 0 bridgehead atoms. The summed E-state index contributed by atoms with van der Waals surface area (Å²) in [5.41, 5.74) is 1.44. The van der Waals surface area contributed by atoms with Crippen LogP contribution in [0.2, 0.25) is 0 Å². The highest BCUT2D eigenvalue weighted by molar-refractivity contribution is 9.10. The van der Waals surface area contributed by atoms with Crippen molar-refractivity contribution in [2.45, 2.75) is 6.42 Å². The van der Waals surface area contributed by atoms with Gasteiger partial charge >= 0.3 is 0 Å². The Bertz CT molecular complexity index is 548. The summed E-state index contributed by atoms with van der Waals surface area (Å²) in [6, 6.07) is 4.29. The third kappa shape index (κ3) is 2.47. The van der Waals surface area contributed by atoms with E-state index in [-0.39, 0.29) is 0 Å². The molecule has 2 aromatic rings. The average molecular weight is 322 g/mol. The molecule has 0 fully saturated rings. The largest absolute Gasteiger partial charge is 0.337 e. The summed E-state index contributed by atoms with van der Waals surface area (Å²) in [6.45, 7) is 1.86. The molecule has 0 aliphatic carbocycles. The van der Waals surface area contributed by atoms with Crippen molar-refractivity contribution in [3.05, 3.63) is 45.3 Å². The van der Waals surface area contributed by atoms with Crippen LogP contribution < -0.4 is 4.90 Å². The Morgan fingerprint density at radius 2 is 2.11 bits per heavy atom. The minimum Gasteiger partial charge on any atom is -0.337 e. The van der Waals surface area contributed by atoms with Crippen LogP contribution in [0.15, 0.2) is 40.5 Å². The standard InChI is InChI=1S/C13H12BrN3S/c14-11-8-15-13(16-9-11)17-5-3-10(4-6-17)12-2-1-7-18-12/h1-3,7-9H,4-6H2. The summed E-state index contributed by atoms with van der Waals surface area (Å²) in [5.74, 6) is 0.805. The van der Waals surface area contributed by atoms with E-state index in [0.29, 0.717) is 0 Å². The molecule has 3 heterocycles. The van der Waals surface area contributed by atoms with E-state index in [1.807, 2.05) is 0 Å². The second-order valence-corrected chi connectivity index (χ2v) is 5.97. The van der Waals surface area contributed by atoms with Crippen LogP contribution in [0, 0.1) is 0 Å². The van der Waals surface area contributed by atoms with E-state index in [9.17, 15) is 0 Å². The zero-order valence-electron chi connectivity index (χ0n) is 9.71. The lowest BCUT2D eigenvalue weighted by molar-refractivity contribution is 0.796. The minimum atomic E-state index is 0.805. The maximum absolute atomic E-state index is 4.33. The minimum absolute atomic E-state index is 0.805. The Morgan fingerprint density at radius 1 is 1.28 bits per heavy atom. The summed E-state index contributed by atoms with van der Waals surface area (Å²) in [7, 11) is 0. The third-order valence-corrected chi connectivity index (χ3v) is 4.29. The van der Waals surface area contributed by atoms with Crippen LogP contribution in [0.3, 0.4) is 0 Å². The molecule has 0 N–H and O–H groups in total. The Labute approximate surface area is 118 Å². The number of hydrogen-bond donors (Lipinski definition) is 0. The second kappa shape index (κ2) is 5.20. The molecule has 1 aliphatic rings. The number of rotatable bonds is 2. The zero-order chi connectivity index (χ0) is 12.4. The first-order valence-corrected chi connectivity index (χ1v) is 7.45. The lowest BCUT2D eigenvalue weighted by Gasteiger charge is -2.26. The number of halogens is 1. The van der Waals surface area contributed by atoms with Gasteiger partial charge in [-0.1, -0.05) is 12.1 Å². The van der Waals surface area contributed by atoms with E-state index >= 15 is 0 Å². The maximum Gasteiger partial charge on any atom is 0.225 e. The fraction of sp³-hybridized carbons (Fsp3) is 0.231. The first kappa shape index (κ1) is 11.9. The molecular weight excluding hydrogens is 310 g/mol. The summed E-state index contributed by atoms with van der Waals surface area (Å²) >= 11 is 5.16. The normalized spacial score (nSPS) is 15.6. The predicted octanol–water partition coefficient (Wildman–Crippen LogP) is 3.59. The number of hydrogen-bond acceptors (Lipinski definition) is 4. The number of nitrogens with zero attached hydrogens (tertiary/aromatic N) is 3. The van der Waals surface area contributed by atoms with Gasteiger partial charge in [-0.25, -0.2) is 9.97 Å². The fourth-order valence-electron chi connectivity index (χ4n) is 2.00. The van der Waals surface area contributed by atoms with E-state index in [0.717, 1.165) is 29.9 Å². The molecule has 3 rings (SSSR count). The fourth-order valence-corrected chi connectivity index (χ4v) is 3.01. The van der Waals surface area contributed by atoms with Gasteiger partial charge in [0.1, 0.15) is 0 Å². The molecule has 3 nitrogen and oxygen atoms in total. The van der Waals surface area contributed by atoms with Crippen LogP contribution in [0.25, 0.3) is 5.57 Å². The van der Waals surface area contributed by atoms with Crippen LogP contribution in [0.4, 0.5) is 5.95 Å². The van der Waals surface area contributed by atoms with Gasteiger partial charge in [-0.2, -0.15) is 0 Å². The molecule has 18 heavy (non-hydrogen) atoms. The first-order chi connectivity index (χ1) is 8.83. The van der Waals surface area contributed by atoms with Gasteiger partial charge in [-0.3, -0.25) is 0 Å². The van der Waals surface area contributed by atoms with Gasteiger partial charge in [-0.05, 0) is 39.4 Å². The van der Waals surface area contributed by atoms with Gasteiger partial charge in [0.2, 0.25) is 5.95 Å². The van der Waals surface area contributed by atoms with Crippen molar-refractivity contribution in [2.75, 3.05) is 18.0 Å². The van der Waals surface area contributed by atoms with Crippen molar-refractivity contribution < 1.29 is 0 Å². The molecule has 0 unspecified atom stereocenters. The molecule has 0 atom stereocenters. The first-order valence-electron chi connectivity index (χ1n) is 5.78. The summed E-state index contributed by atoms with van der Waals surface area (Å²) in [6.07, 6.45) is 6.92. The lowest BCUT2D eigenvalue weighted by Crippen LogP contribution is -2.29. The van der Waals surface area contributed by atoms with Crippen LogP contribution in [-0.4, -0.2) is 23.1 Å². The second-order valence-electron chi connectivity index (χ2n) is 4.10. The van der Waals surface area contributed by atoms with Crippen molar-refractivity contribution in [2.24, 2.45) is 0 Å². The monoisotopic (exact) mass is 321 g/mol. The smallest absolute Gasteiger partial charge is 0.225 e. The van der Waals surface area contributed by atoms with E-state index in [4.69, 9.17) is 0 Å². The number of aromatic nitrogens is 2. The van der Waals surface area contributed by atoms with Crippen molar-refractivity contribution in [3.8, 4) is 0 Å². The molecule has 0 saturated heterocycles. The van der Waals surface area contributed by atoms with Crippen molar-refractivity contribution in [1.29, 1.82) is 0 Å². The van der Waals surface area contributed by atoms with E-state index in [1.54, 1.807) is 23.7 Å². The van der Waals surface area contributed by atoms with Crippen molar-refractivity contribution in [1.82, 2.24) is 9.97 Å². The van der Waals surface area contributed by atoms with Gasteiger partial charge < -0.3 is 4.90 Å². The van der Waals surface area contributed by atoms with Crippen LogP contribution in [-0.2, 0) is 0 Å². The van der Waals surface area contributed by atoms with E-state index < -0.39 is 0 Å². The number of anilines is 1. The van der Waals surface area contributed by atoms with Crippen LogP contribution in [0.1, 0.15) is 11.3 Å². The Hall–Kier alpha value is -1.20. The summed E-state index contributed by atoms with van der Waals surface area (Å²) in [5, 5.41) is 2.13. The van der Waals surface area contributed by atoms with Crippen molar-refractivity contribution >= 4 is 38.8 Å². The molecule has 1 aliphatic heterocycles. The highest BCUT2D eigenvalue weighted by Crippen LogP contribution is 2.27. The van der Waals surface area contributed by atoms with Gasteiger partial charge in [0, 0.05) is 30.4 Å². The average Bonchev–Trinajstić information content (AvgIpc) is 2.94. The molecule has 92 valence electrons. The molecule has 0 aromatic carbocycles. The predicted molar refractivity (Wildman–Crippen MR) is 78.9 cm³/mol. The van der Waals surface area contributed by atoms with E-state index in [2.05, 4.69) is 54.4 Å². The molecule has 5 heteroatoms. The summed E-state index contributed by atoms with van der Waals surface area (Å²) in [4.78, 5) is 12.2. The lowest BCUT2D eigenvalue weighted by atomic mass is 10.1. The quantitative estimate of drug-likeness (QED) is 0.846. The number of thiophene rings is 1. The molecule has 2 aromatic heterocycles.